The van der Waals surface area contributed by atoms with Crippen molar-refractivity contribution in [3.8, 4) is 11.8 Å². The first-order valence-electron chi connectivity index (χ1n) is 26.8. The minimum absolute atomic E-state index is 0.0160. The number of benzene rings is 2. The number of fused-ring (bicyclic) bond motifs is 2. The van der Waals surface area contributed by atoms with Gasteiger partial charge < -0.3 is 56.4 Å². The van der Waals surface area contributed by atoms with Crippen LogP contribution in [0.2, 0.25) is 0 Å². The van der Waals surface area contributed by atoms with Crippen LogP contribution in [0.15, 0.2) is 65.8 Å². The molecule has 83 heavy (non-hydrogen) atoms. The van der Waals surface area contributed by atoms with E-state index >= 15 is 8.78 Å². The van der Waals surface area contributed by atoms with Crippen LogP contribution in [-0.4, -0.2) is 160 Å². The van der Waals surface area contributed by atoms with E-state index in [1.807, 2.05) is 17.4 Å². The van der Waals surface area contributed by atoms with Gasteiger partial charge in [0.15, 0.2) is 0 Å². The lowest BCUT2D eigenvalue weighted by molar-refractivity contribution is -0.229. The molecule has 454 valence electrons. The maximum absolute atomic E-state index is 15.3. The van der Waals surface area contributed by atoms with Gasteiger partial charge in [-0.15, -0.1) is 0 Å². The van der Waals surface area contributed by atoms with E-state index in [0.717, 1.165) is 92.6 Å². The third kappa shape index (κ3) is 16.9. The fraction of sp³-hybridized carbons (Fsp3) is 0.544. The van der Waals surface area contributed by atoms with Crippen molar-refractivity contribution in [1.82, 2.24) is 25.8 Å². The summed E-state index contributed by atoms with van der Waals surface area (Å²) >= 11 is 0. The molecule has 4 aliphatic rings. The van der Waals surface area contributed by atoms with Crippen molar-refractivity contribution in [1.29, 1.82) is 0 Å². The van der Waals surface area contributed by atoms with Crippen LogP contribution >= 0.6 is 0 Å². The van der Waals surface area contributed by atoms with Gasteiger partial charge in [-0.05, 0) is 87.6 Å². The Labute approximate surface area is 476 Å². The number of hydrogen-bond acceptors (Lipinski definition) is 15. The molecular weight excluding hydrogens is 1110 g/mol. The van der Waals surface area contributed by atoms with Gasteiger partial charge in [0.2, 0.25) is 11.8 Å². The smallest absolute Gasteiger partial charge is 0.407 e. The van der Waals surface area contributed by atoms with Gasteiger partial charge in [-0.25, -0.2) is 18.6 Å². The number of carbonyl (C=O) groups excluding carboxylic acids is 4. The Bertz CT molecular complexity index is 2810. The quantitative estimate of drug-likeness (QED) is 0.0344. The van der Waals surface area contributed by atoms with Crippen molar-refractivity contribution in [2.75, 3.05) is 65.2 Å². The number of alkyl carbamates (subject to hydrolysis) is 1. The number of allylic oxidation sites excluding steroid dienone is 1. The summed E-state index contributed by atoms with van der Waals surface area (Å²) in [5.41, 5.74) is 7.50. The first-order chi connectivity index (χ1) is 39.0. The number of anilines is 1. The topological polar surface area (TPSA) is 245 Å². The van der Waals surface area contributed by atoms with Crippen molar-refractivity contribution in [2.24, 2.45) is 33.2 Å². The molecule has 2 aromatic carbocycles. The summed E-state index contributed by atoms with van der Waals surface area (Å²) in [6.07, 6.45) is -5.41. The molecule has 0 aliphatic carbocycles. The fourth-order valence-electron chi connectivity index (χ4n) is 9.91. The largest absolute Gasteiger partial charge is 0.469 e. The van der Waals surface area contributed by atoms with Crippen LogP contribution < -0.4 is 32.3 Å². The van der Waals surface area contributed by atoms with Crippen LogP contribution in [0, 0.1) is 40.2 Å². The third-order valence-electron chi connectivity index (χ3n) is 15.5. The van der Waals surface area contributed by atoms with E-state index in [2.05, 4.69) is 46.7 Å². The number of hydrogen-bond donors (Lipinski definition) is 6. The molecule has 0 radical (unpaired) electrons. The number of nitrogens with one attached hydrogen (secondary N) is 3. The van der Waals surface area contributed by atoms with Gasteiger partial charge in [0.1, 0.15) is 23.5 Å². The second-order valence-corrected chi connectivity index (χ2v) is 21.9. The number of primary amides is 1. The Hall–Kier alpha value is -6.92. The molecule has 3 amide bonds. The van der Waals surface area contributed by atoms with Crippen LogP contribution in [-0.2, 0) is 46.3 Å². The molecule has 1 aromatic heterocycles. The lowest BCUT2D eigenvalue weighted by atomic mass is 9.76. The number of aliphatic hydroxyl groups excluding tert-OH is 1. The van der Waals surface area contributed by atoms with Crippen LogP contribution in [0.1, 0.15) is 81.2 Å². The normalized spacial score (nSPS) is 20.2. The number of aliphatic imine (C=N–C) groups is 1. The highest BCUT2D eigenvalue weighted by atomic mass is 19.4. The predicted octanol–water partition coefficient (Wildman–Crippen LogP) is 5.70. The zero-order valence-electron chi connectivity index (χ0n) is 46.8. The van der Waals surface area contributed by atoms with Crippen LogP contribution in [0.25, 0.3) is 5.70 Å². The maximum Gasteiger partial charge on any atom is 0.407 e. The molecular formula is C57H71F8N9O9. The zero-order valence-corrected chi connectivity index (χ0v) is 46.8. The summed E-state index contributed by atoms with van der Waals surface area (Å²) in [5.74, 6) is 0.339. The van der Waals surface area contributed by atoms with Crippen molar-refractivity contribution < 1.29 is 78.4 Å². The Kier molecular flexibility index (Phi) is 22.1. The molecule has 3 aromatic rings. The van der Waals surface area contributed by atoms with Crippen LogP contribution in [0.4, 0.5) is 45.7 Å². The molecule has 4 aliphatic heterocycles. The van der Waals surface area contributed by atoms with Gasteiger partial charge in [-0.2, -0.15) is 26.3 Å². The first kappa shape index (κ1) is 65.2. The minimum atomic E-state index is -4.95. The molecule has 7 rings (SSSR count). The SMILES string of the molecule is COC(=O)C[C@H](C(N)=O)C(C)(C)C(F)(F)F.COC(=O)N[C@H](C(=O)N[C@@H](Cc1ccc(C#Cc2ccc(N3CC4CCC(C3)N4C3COC3)nc2)cc1)[C@@H](O)CNCc1c(F)cc(C(N)=CC=N[C@H]2CCOC2)cc1F)C(C)(C)C(F)(F)F. The summed E-state index contributed by atoms with van der Waals surface area (Å²) in [6, 6.07) is 10.9. The number of aliphatic hydroxyl groups is 1. The number of nitrogens with zero attached hydrogens (tertiary/aromatic N) is 4. The molecule has 18 nitrogen and oxygen atoms in total. The van der Waals surface area contributed by atoms with Crippen molar-refractivity contribution in [3.63, 3.8) is 0 Å². The van der Waals surface area contributed by atoms with E-state index in [0.29, 0.717) is 48.0 Å². The molecule has 4 saturated heterocycles. The van der Waals surface area contributed by atoms with Crippen molar-refractivity contribution in [3.05, 3.63) is 100 Å². The van der Waals surface area contributed by atoms with Crippen LogP contribution in [0.5, 0.6) is 0 Å². The van der Waals surface area contributed by atoms with E-state index in [1.165, 1.54) is 25.1 Å². The number of esters is 1. The lowest BCUT2D eigenvalue weighted by Gasteiger charge is -2.47. The number of nitrogens with two attached hydrogens (primary N) is 2. The standard InChI is InChI=1S/C48H57F5N8O6.C9H14F3NO3/c1-47(2,48(51,52)53)44(59-46(64)65-3)45(63)58-41(42(62)23-55-22-37-38(49)19-32(20-39(37)50)40(54)14-16-56-33-15-17-66-26-33)18-30-7-4-29(5-8-30)6-9-31-10-13-43(57-21-31)60-24-34-11-12-35(25-60)61(34)36-27-67-28-36;1-8(2,9(10,11)12)5(7(13)15)4-6(14)16-3/h4-5,7-8,10,13-14,16,19-21,33-36,41-42,44,55,62H,11-12,15,17-18,22-28,54H2,1-3H3,(H,58,63)(H,59,64);5H,4H2,1-3H3,(H2,13,15)/t33-,34?,35?,41-,42-,44+;5-/m01/s1. The molecule has 2 bridgehead atoms. The van der Waals surface area contributed by atoms with Gasteiger partial charge in [0.25, 0.3) is 0 Å². The first-order valence-corrected chi connectivity index (χ1v) is 26.8. The number of carbonyl (C=O) groups is 4. The predicted molar refractivity (Wildman–Crippen MR) is 290 cm³/mol. The van der Waals surface area contributed by atoms with Gasteiger partial charge in [0.05, 0.1) is 81.4 Å². The number of piperazine rings is 1. The molecule has 7 atom stereocenters. The molecule has 4 fully saturated rings. The Morgan fingerprint density at radius 2 is 1.45 bits per heavy atom. The molecule has 8 N–H and O–H groups in total. The molecule has 26 heteroatoms. The maximum atomic E-state index is 15.3. The van der Waals surface area contributed by atoms with E-state index in [1.54, 1.807) is 30.5 Å². The second-order valence-electron chi connectivity index (χ2n) is 21.9. The number of pyridine rings is 1. The van der Waals surface area contributed by atoms with E-state index in [-0.39, 0.29) is 35.8 Å². The van der Waals surface area contributed by atoms with Crippen molar-refractivity contribution >= 4 is 41.6 Å². The molecule has 2 unspecified atom stereocenters. The highest BCUT2D eigenvalue weighted by Gasteiger charge is 2.57. The molecule has 0 spiro atoms. The monoisotopic (exact) mass is 1180 g/mol. The summed E-state index contributed by atoms with van der Waals surface area (Å²) in [4.78, 5) is 61.7. The Morgan fingerprint density at radius 3 is 1.96 bits per heavy atom. The van der Waals surface area contributed by atoms with Crippen LogP contribution in [0.3, 0.4) is 0 Å². The summed E-state index contributed by atoms with van der Waals surface area (Å²) in [5, 5.41) is 18.7. The summed E-state index contributed by atoms with van der Waals surface area (Å²) in [7, 11) is 1.97. The number of methoxy groups -OCH3 is 2. The third-order valence-corrected chi connectivity index (χ3v) is 15.5. The summed E-state index contributed by atoms with van der Waals surface area (Å²) in [6.45, 7) is 6.92. The zero-order chi connectivity index (χ0) is 61.0. The Balaban J connectivity index is 0.000000602. The molecule has 0 saturated carbocycles. The van der Waals surface area contributed by atoms with Gasteiger partial charge in [0, 0.05) is 85.2 Å². The minimum Gasteiger partial charge on any atom is -0.469 e. The average Bonchev–Trinajstić information content (AvgIpc) is 3.29. The number of ether oxygens (including phenoxy) is 4. The van der Waals surface area contributed by atoms with E-state index in [4.69, 9.17) is 25.9 Å². The number of alkyl halides is 6. The number of aromatic nitrogens is 1. The lowest BCUT2D eigenvalue weighted by Crippen LogP contribution is -2.62. The fourth-order valence-corrected chi connectivity index (χ4v) is 9.91. The van der Waals surface area contributed by atoms with Crippen molar-refractivity contribution in [2.45, 2.75) is 121 Å². The number of amides is 3. The van der Waals surface area contributed by atoms with Gasteiger partial charge in [-0.1, -0.05) is 37.8 Å². The van der Waals surface area contributed by atoms with Gasteiger partial charge in [-0.3, -0.25) is 24.3 Å². The van der Waals surface area contributed by atoms with E-state index in [9.17, 15) is 50.6 Å². The van der Waals surface area contributed by atoms with E-state index < -0.39 is 95.8 Å². The summed E-state index contributed by atoms with van der Waals surface area (Å²) < 4.78 is 131. The van der Waals surface area contributed by atoms with Gasteiger partial charge >= 0.3 is 24.4 Å². The average molecular weight is 1180 g/mol. The highest BCUT2D eigenvalue weighted by Crippen LogP contribution is 2.45. The highest BCUT2D eigenvalue weighted by molar-refractivity contribution is 5.87. The number of halogens is 8. The number of rotatable bonds is 20. The second kappa shape index (κ2) is 28.1. The Morgan fingerprint density at radius 1 is 0.831 bits per heavy atom. The molecule has 5 heterocycles.